The van der Waals surface area contributed by atoms with E-state index in [0.29, 0.717) is 6.61 Å². The molecule has 0 spiro atoms. The lowest BCUT2D eigenvalue weighted by atomic mass is 10.2. The average molecular weight is 336 g/mol. The molecule has 0 bridgehead atoms. The van der Waals surface area contributed by atoms with Crippen LogP contribution in [0.3, 0.4) is 0 Å². The molecule has 1 N–H and O–H groups in total. The van der Waals surface area contributed by atoms with Gasteiger partial charge < -0.3 is 14.8 Å². The van der Waals surface area contributed by atoms with Gasteiger partial charge in [-0.05, 0) is 71.9 Å². The second-order valence-electron chi connectivity index (χ2n) is 4.30. The molecule has 0 amide bonds. The molecule has 20 heavy (non-hydrogen) atoms. The quantitative estimate of drug-likeness (QED) is 0.850. The van der Waals surface area contributed by atoms with Crippen LogP contribution in [-0.2, 0) is 6.54 Å². The topological polar surface area (TPSA) is 30.5 Å². The van der Waals surface area contributed by atoms with Crippen molar-refractivity contribution >= 4 is 15.9 Å². The van der Waals surface area contributed by atoms with E-state index in [1.807, 2.05) is 50.4 Å². The first-order chi connectivity index (χ1) is 9.72. The van der Waals surface area contributed by atoms with Crippen molar-refractivity contribution in [3.63, 3.8) is 0 Å². The van der Waals surface area contributed by atoms with Crippen LogP contribution in [0.25, 0.3) is 0 Å². The van der Waals surface area contributed by atoms with E-state index in [0.717, 1.165) is 28.3 Å². The van der Waals surface area contributed by atoms with Gasteiger partial charge in [0.2, 0.25) is 0 Å². The Morgan fingerprint density at radius 3 is 2.35 bits per heavy atom. The molecule has 0 aliphatic heterocycles. The third-order valence-electron chi connectivity index (χ3n) is 2.74. The average Bonchev–Trinajstić information content (AvgIpc) is 2.44. The van der Waals surface area contributed by atoms with Crippen LogP contribution in [0.2, 0.25) is 0 Å². The SMILES string of the molecule is CCOc1ccc(Oc2ccc(CNC)cc2Br)cc1. The highest BCUT2D eigenvalue weighted by Gasteiger charge is 2.04. The molecule has 0 heterocycles. The van der Waals surface area contributed by atoms with Crippen LogP contribution in [0.4, 0.5) is 0 Å². The highest BCUT2D eigenvalue weighted by atomic mass is 79.9. The lowest BCUT2D eigenvalue weighted by Gasteiger charge is -2.10. The van der Waals surface area contributed by atoms with Crippen molar-refractivity contribution < 1.29 is 9.47 Å². The Morgan fingerprint density at radius 1 is 1.05 bits per heavy atom. The zero-order chi connectivity index (χ0) is 14.4. The normalized spacial score (nSPS) is 10.3. The molecule has 0 saturated heterocycles. The first-order valence-electron chi connectivity index (χ1n) is 6.56. The lowest BCUT2D eigenvalue weighted by molar-refractivity contribution is 0.339. The van der Waals surface area contributed by atoms with Gasteiger partial charge in [-0.3, -0.25) is 0 Å². The first-order valence-corrected chi connectivity index (χ1v) is 7.36. The molecule has 0 aliphatic rings. The van der Waals surface area contributed by atoms with E-state index in [1.165, 1.54) is 5.56 Å². The van der Waals surface area contributed by atoms with Gasteiger partial charge in [0.1, 0.15) is 17.2 Å². The largest absolute Gasteiger partial charge is 0.494 e. The molecule has 0 unspecified atom stereocenters. The summed E-state index contributed by atoms with van der Waals surface area (Å²) >= 11 is 3.54. The summed E-state index contributed by atoms with van der Waals surface area (Å²) in [5.41, 5.74) is 1.21. The molecule has 2 rings (SSSR count). The van der Waals surface area contributed by atoms with Crippen LogP contribution in [0.15, 0.2) is 46.9 Å². The Labute approximate surface area is 128 Å². The van der Waals surface area contributed by atoms with Crippen molar-refractivity contribution in [1.29, 1.82) is 0 Å². The Balaban J connectivity index is 2.09. The number of benzene rings is 2. The molecule has 2 aromatic carbocycles. The summed E-state index contributed by atoms with van der Waals surface area (Å²) in [6.07, 6.45) is 0. The molecule has 0 saturated carbocycles. The van der Waals surface area contributed by atoms with Crippen molar-refractivity contribution in [2.24, 2.45) is 0 Å². The zero-order valence-electron chi connectivity index (χ0n) is 11.7. The number of nitrogens with one attached hydrogen (secondary N) is 1. The van der Waals surface area contributed by atoms with Gasteiger partial charge in [0.25, 0.3) is 0 Å². The summed E-state index contributed by atoms with van der Waals surface area (Å²) in [6.45, 7) is 3.47. The predicted octanol–water partition coefficient (Wildman–Crippen LogP) is 4.36. The molecule has 106 valence electrons. The number of hydrogen-bond donors (Lipinski definition) is 1. The monoisotopic (exact) mass is 335 g/mol. The smallest absolute Gasteiger partial charge is 0.141 e. The maximum atomic E-state index is 5.85. The number of hydrogen-bond acceptors (Lipinski definition) is 3. The van der Waals surface area contributed by atoms with Gasteiger partial charge in [-0.25, -0.2) is 0 Å². The highest BCUT2D eigenvalue weighted by Crippen LogP contribution is 2.31. The van der Waals surface area contributed by atoms with E-state index in [1.54, 1.807) is 0 Å². The molecule has 0 aromatic heterocycles. The van der Waals surface area contributed by atoms with E-state index in [9.17, 15) is 0 Å². The summed E-state index contributed by atoms with van der Waals surface area (Å²) in [5, 5.41) is 3.12. The van der Waals surface area contributed by atoms with Crippen molar-refractivity contribution in [2.75, 3.05) is 13.7 Å². The van der Waals surface area contributed by atoms with Crippen LogP contribution in [0.5, 0.6) is 17.2 Å². The molecule has 0 fully saturated rings. The Hall–Kier alpha value is -1.52. The summed E-state index contributed by atoms with van der Waals surface area (Å²) in [6, 6.07) is 13.7. The van der Waals surface area contributed by atoms with Crippen LogP contribution >= 0.6 is 15.9 Å². The second kappa shape index (κ2) is 7.31. The van der Waals surface area contributed by atoms with Crippen molar-refractivity contribution in [3.05, 3.63) is 52.5 Å². The van der Waals surface area contributed by atoms with Gasteiger partial charge in [0.05, 0.1) is 11.1 Å². The molecule has 0 aliphatic carbocycles. The van der Waals surface area contributed by atoms with Crippen molar-refractivity contribution in [1.82, 2.24) is 5.32 Å². The fourth-order valence-electron chi connectivity index (χ4n) is 1.84. The first kappa shape index (κ1) is 14.9. The van der Waals surface area contributed by atoms with Gasteiger partial charge in [0, 0.05) is 6.54 Å². The Bertz CT molecular complexity index is 555. The predicted molar refractivity (Wildman–Crippen MR) is 84.6 cm³/mol. The summed E-state index contributed by atoms with van der Waals surface area (Å²) in [7, 11) is 1.93. The zero-order valence-corrected chi connectivity index (χ0v) is 13.2. The minimum atomic E-state index is 0.665. The minimum absolute atomic E-state index is 0.665. The molecule has 2 aromatic rings. The molecular weight excluding hydrogens is 318 g/mol. The standard InChI is InChI=1S/C16H18BrNO2/c1-3-19-13-5-7-14(8-6-13)20-16-9-4-12(11-18-2)10-15(16)17/h4-10,18H,3,11H2,1-2H3. The second-order valence-corrected chi connectivity index (χ2v) is 5.16. The van der Waals surface area contributed by atoms with E-state index in [2.05, 4.69) is 27.3 Å². The van der Waals surface area contributed by atoms with Crippen molar-refractivity contribution in [3.8, 4) is 17.2 Å². The van der Waals surface area contributed by atoms with Crippen LogP contribution in [0, 0.1) is 0 Å². The fraction of sp³-hybridized carbons (Fsp3) is 0.250. The molecule has 0 radical (unpaired) electrons. The van der Waals surface area contributed by atoms with Gasteiger partial charge in [-0.1, -0.05) is 6.07 Å². The molecule has 3 nitrogen and oxygen atoms in total. The van der Waals surface area contributed by atoms with E-state index >= 15 is 0 Å². The van der Waals surface area contributed by atoms with E-state index in [-0.39, 0.29) is 0 Å². The Kier molecular flexibility index (Phi) is 5.44. The summed E-state index contributed by atoms with van der Waals surface area (Å²) < 4.78 is 12.2. The van der Waals surface area contributed by atoms with Gasteiger partial charge in [-0.15, -0.1) is 0 Å². The maximum absolute atomic E-state index is 5.85. The van der Waals surface area contributed by atoms with Gasteiger partial charge in [0.15, 0.2) is 0 Å². The molecule has 0 atom stereocenters. The third-order valence-corrected chi connectivity index (χ3v) is 3.36. The minimum Gasteiger partial charge on any atom is -0.494 e. The van der Waals surface area contributed by atoms with Crippen molar-refractivity contribution in [2.45, 2.75) is 13.5 Å². The molecule has 4 heteroatoms. The highest BCUT2D eigenvalue weighted by molar-refractivity contribution is 9.10. The number of halogens is 1. The van der Waals surface area contributed by atoms with Gasteiger partial charge >= 0.3 is 0 Å². The number of ether oxygens (including phenoxy) is 2. The Morgan fingerprint density at radius 2 is 1.75 bits per heavy atom. The number of rotatable bonds is 6. The third kappa shape index (κ3) is 3.99. The van der Waals surface area contributed by atoms with Crippen LogP contribution < -0.4 is 14.8 Å². The van der Waals surface area contributed by atoms with E-state index < -0.39 is 0 Å². The summed E-state index contributed by atoms with van der Waals surface area (Å²) in [4.78, 5) is 0. The van der Waals surface area contributed by atoms with Crippen LogP contribution in [-0.4, -0.2) is 13.7 Å². The molecular formula is C16H18BrNO2. The fourth-order valence-corrected chi connectivity index (χ4v) is 2.35. The van der Waals surface area contributed by atoms with E-state index in [4.69, 9.17) is 9.47 Å². The van der Waals surface area contributed by atoms with Gasteiger partial charge in [-0.2, -0.15) is 0 Å². The van der Waals surface area contributed by atoms with Crippen LogP contribution in [0.1, 0.15) is 12.5 Å². The lowest BCUT2D eigenvalue weighted by Crippen LogP contribution is -2.04. The summed E-state index contributed by atoms with van der Waals surface area (Å²) in [5.74, 6) is 2.44. The maximum Gasteiger partial charge on any atom is 0.141 e.